The van der Waals surface area contributed by atoms with E-state index < -0.39 is 5.60 Å². The van der Waals surface area contributed by atoms with Crippen molar-refractivity contribution in [2.24, 2.45) is 0 Å². The van der Waals surface area contributed by atoms with E-state index in [-0.39, 0.29) is 17.7 Å². The Bertz CT molecular complexity index is 781. The van der Waals surface area contributed by atoms with E-state index in [2.05, 4.69) is 0 Å². The molecule has 0 N–H and O–H groups in total. The fraction of sp³-hybridized carbons (Fsp3) is 0.222. The van der Waals surface area contributed by atoms with E-state index in [4.69, 9.17) is 16.3 Å². The Balaban J connectivity index is 1.74. The van der Waals surface area contributed by atoms with Gasteiger partial charge in [-0.1, -0.05) is 48.0 Å². The maximum atomic E-state index is 12.9. The minimum atomic E-state index is -0.893. The summed E-state index contributed by atoms with van der Waals surface area (Å²) in [7, 11) is 0. The predicted molar refractivity (Wildman–Crippen MR) is 82.3 cm³/mol. The average molecular weight is 313 g/mol. The molecule has 1 heterocycles. The van der Waals surface area contributed by atoms with Crippen molar-refractivity contribution < 1.29 is 14.3 Å². The van der Waals surface area contributed by atoms with Crippen LogP contribution in [0.5, 0.6) is 0 Å². The van der Waals surface area contributed by atoms with Crippen LogP contribution in [-0.4, -0.2) is 17.2 Å². The Morgan fingerprint density at radius 1 is 1.00 bits per heavy atom. The van der Waals surface area contributed by atoms with Gasteiger partial charge in [0.25, 0.3) is 0 Å². The number of epoxide rings is 1. The predicted octanol–water partition coefficient (Wildman–Crippen LogP) is 4.01. The first kappa shape index (κ1) is 13.7. The summed E-state index contributed by atoms with van der Waals surface area (Å²) in [4.78, 5) is 25.1. The number of carbonyl (C=O) groups is 2. The molecule has 1 saturated heterocycles. The number of hydrogen-bond donors (Lipinski definition) is 0. The van der Waals surface area contributed by atoms with E-state index in [0.29, 0.717) is 29.0 Å². The van der Waals surface area contributed by atoms with Crippen LogP contribution in [0.25, 0.3) is 0 Å². The summed E-state index contributed by atoms with van der Waals surface area (Å²) in [5.41, 5.74) is 1.01. The maximum Gasteiger partial charge on any atom is 0.198 e. The van der Waals surface area contributed by atoms with Gasteiger partial charge in [-0.25, -0.2) is 0 Å². The molecular weight excluding hydrogens is 300 g/mol. The van der Waals surface area contributed by atoms with Gasteiger partial charge in [-0.3, -0.25) is 9.59 Å². The van der Waals surface area contributed by atoms with Gasteiger partial charge in [0.1, 0.15) is 6.10 Å². The van der Waals surface area contributed by atoms with Gasteiger partial charge in [-0.05, 0) is 24.1 Å². The molecule has 1 spiro atoms. The SMILES string of the molecule is O=C1CC[C@]2(O[C@@H]2c2ccc(Cl)cc2)C(=O)c2ccccc21. The zero-order chi connectivity index (χ0) is 15.3. The van der Waals surface area contributed by atoms with Crippen molar-refractivity contribution in [1.29, 1.82) is 0 Å². The third-order valence-electron chi connectivity index (χ3n) is 4.45. The summed E-state index contributed by atoms with van der Waals surface area (Å²) in [5.74, 6) is -0.0833. The lowest BCUT2D eigenvalue weighted by molar-refractivity contribution is 0.0863. The van der Waals surface area contributed by atoms with E-state index >= 15 is 0 Å². The molecular formula is C18H13ClO3. The second kappa shape index (κ2) is 4.77. The Kier molecular flexibility index (Phi) is 2.96. The molecule has 0 unspecified atom stereocenters. The average Bonchev–Trinajstić information content (AvgIpc) is 3.29. The molecule has 0 radical (unpaired) electrons. The number of ketones is 2. The first-order valence-corrected chi connectivity index (χ1v) is 7.60. The van der Waals surface area contributed by atoms with Crippen molar-refractivity contribution >= 4 is 23.2 Å². The number of hydrogen-bond acceptors (Lipinski definition) is 3. The normalized spacial score (nSPS) is 26.7. The van der Waals surface area contributed by atoms with Crippen LogP contribution in [-0.2, 0) is 4.74 Å². The van der Waals surface area contributed by atoms with Gasteiger partial charge in [0.15, 0.2) is 17.2 Å². The van der Waals surface area contributed by atoms with Crippen LogP contribution in [0.15, 0.2) is 48.5 Å². The lowest BCUT2D eigenvalue weighted by Crippen LogP contribution is -2.24. The van der Waals surface area contributed by atoms with Crippen molar-refractivity contribution in [1.82, 2.24) is 0 Å². The highest BCUT2D eigenvalue weighted by molar-refractivity contribution is 6.30. The van der Waals surface area contributed by atoms with E-state index in [9.17, 15) is 9.59 Å². The third-order valence-corrected chi connectivity index (χ3v) is 4.70. The second-order valence-electron chi connectivity index (χ2n) is 5.74. The van der Waals surface area contributed by atoms with Crippen LogP contribution in [0.4, 0.5) is 0 Å². The van der Waals surface area contributed by atoms with Crippen molar-refractivity contribution in [3.05, 3.63) is 70.2 Å². The molecule has 2 aromatic rings. The minimum Gasteiger partial charge on any atom is -0.352 e. The number of benzene rings is 2. The van der Waals surface area contributed by atoms with Crippen LogP contribution >= 0.6 is 11.6 Å². The number of rotatable bonds is 1. The van der Waals surface area contributed by atoms with Crippen LogP contribution in [0.2, 0.25) is 5.02 Å². The number of fused-ring (bicyclic) bond motifs is 1. The lowest BCUT2D eigenvalue weighted by atomic mass is 9.89. The van der Waals surface area contributed by atoms with Crippen LogP contribution in [0.1, 0.15) is 45.2 Å². The molecule has 2 aliphatic rings. The fourth-order valence-electron chi connectivity index (χ4n) is 3.21. The summed E-state index contributed by atoms with van der Waals surface area (Å²) in [6.07, 6.45) is 0.454. The Morgan fingerprint density at radius 2 is 1.68 bits per heavy atom. The smallest absolute Gasteiger partial charge is 0.198 e. The Labute approximate surface area is 132 Å². The first-order chi connectivity index (χ1) is 10.6. The zero-order valence-electron chi connectivity index (χ0n) is 11.7. The third kappa shape index (κ3) is 1.93. The highest BCUT2D eigenvalue weighted by Gasteiger charge is 2.63. The lowest BCUT2D eigenvalue weighted by Gasteiger charge is -2.09. The molecule has 3 nitrogen and oxygen atoms in total. The summed E-state index contributed by atoms with van der Waals surface area (Å²) in [5, 5.41) is 0.645. The molecule has 4 heteroatoms. The van der Waals surface area contributed by atoms with Crippen molar-refractivity contribution in [3.63, 3.8) is 0 Å². The van der Waals surface area contributed by atoms with Gasteiger partial charge in [0, 0.05) is 22.6 Å². The maximum absolute atomic E-state index is 12.9. The molecule has 1 aliphatic heterocycles. The molecule has 0 amide bonds. The summed E-state index contributed by atoms with van der Waals surface area (Å²) in [6.45, 7) is 0. The molecule has 4 rings (SSSR count). The Morgan fingerprint density at radius 3 is 2.41 bits per heavy atom. The van der Waals surface area contributed by atoms with Crippen molar-refractivity contribution in [2.45, 2.75) is 24.5 Å². The Hall–Kier alpha value is -1.97. The van der Waals surface area contributed by atoms with Gasteiger partial charge >= 0.3 is 0 Å². The standard InChI is InChI=1S/C18H13ClO3/c19-12-7-5-11(6-8-12)17-18(22-17)10-9-15(20)13-3-1-2-4-14(13)16(18)21/h1-8,17H,9-10H2/t17-,18+/m1/s1. The van der Waals surface area contributed by atoms with Gasteiger partial charge < -0.3 is 4.74 Å². The monoisotopic (exact) mass is 312 g/mol. The number of ether oxygens (including phenoxy) is 1. The second-order valence-corrected chi connectivity index (χ2v) is 6.17. The van der Waals surface area contributed by atoms with Crippen molar-refractivity contribution in [3.8, 4) is 0 Å². The van der Waals surface area contributed by atoms with Crippen molar-refractivity contribution in [2.75, 3.05) is 0 Å². The van der Waals surface area contributed by atoms with E-state index in [1.807, 2.05) is 12.1 Å². The molecule has 2 aromatic carbocycles. The van der Waals surface area contributed by atoms with Gasteiger partial charge in [-0.15, -0.1) is 0 Å². The summed E-state index contributed by atoms with van der Waals surface area (Å²) < 4.78 is 5.82. The van der Waals surface area contributed by atoms with Crippen LogP contribution in [0, 0.1) is 0 Å². The van der Waals surface area contributed by atoms with Gasteiger partial charge in [0.05, 0.1) is 0 Å². The van der Waals surface area contributed by atoms with Crippen LogP contribution in [0.3, 0.4) is 0 Å². The molecule has 22 heavy (non-hydrogen) atoms. The van der Waals surface area contributed by atoms with Gasteiger partial charge in [-0.2, -0.15) is 0 Å². The summed E-state index contributed by atoms with van der Waals surface area (Å²) in [6, 6.07) is 14.3. The minimum absolute atomic E-state index is 0.00572. The molecule has 2 atom stereocenters. The van der Waals surface area contributed by atoms with Gasteiger partial charge in [0.2, 0.25) is 0 Å². The topological polar surface area (TPSA) is 46.7 Å². The van der Waals surface area contributed by atoms with Crippen LogP contribution < -0.4 is 0 Å². The first-order valence-electron chi connectivity index (χ1n) is 7.22. The number of halogens is 1. The molecule has 110 valence electrons. The van der Waals surface area contributed by atoms with E-state index in [0.717, 1.165) is 5.56 Å². The number of Topliss-reactive ketones (excluding diaryl/α,β-unsaturated/α-hetero) is 2. The zero-order valence-corrected chi connectivity index (χ0v) is 12.5. The highest BCUT2D eigenvalue weighted by Crippen LogP contribution is 2.55. The molecule has 1 aliphatic carbocycles. The molecule has 0 saturated carbocycles. The summed E-state index contributed by atoms with van der Waals surface area (Å²) >= 11 is 5.90. The van der Waals surface area contributed by atoms with E-state index in [1.165, 1.54) is 0 Å². The largest absolute Gasteiger partial charge is 0.352 e. The quantitative estimate of drug-likeness (QED) is 0.747. The molecule has 0 aromatic heterocycles. The number of carbonyl (C=O) groups excluding carboxylic acids is 2. The fourth-order valence-corrected chi connectivity index (χ4v) is 3.34. The molecule has 1 fully saturated rings. The highest BCUT2D eigenvalue weighted by atomic mass is 35.5. The molecule has 0 bridgehead atoms. The van der Waals surface area contributed by atoms with E-state index in [1.54, 1.807) is 36.4 Å².